The Kier molecular flexibility index (Phi) is 6.99. The van der Waals surface area contributed by atoms with E-state index in [9.17, 15) is 19.8 Å². The van der Waals surface area contributed by atoms with Crippen LogP contribution in [0.25, 0.3) is 0 Å². The topological polar surface area (TPSA) is 105 Å². The van der Waals surface area contributed by atoms with Crippen LogP contribution >= 0.6 is 0 Å². The molecule has 2 rings (SSSR count). The second-order valence-electron chi connectivity index (χ2n) is 5.56. The molecule has 2 aromatic carbocycles. The normalized spacial score (nSPS) is 11.6. The number of ether oxygens (including phenoxy) is 2. The molecule has 1 atom stereocenters. The molecule has 0 unspecified atom stereocenters. The first-order valence-corrected chi connectivity index (χ1v) is 8.05. The first-order chi connectivity index (χ1) is 12.5. The Bertz CT molecular complexity index is 747. The SMILES string of the molecule is COC(=O)[C@H](Cc1ccc(O)c(O)c1)NCCOC(=O)c1ccccc1. The summed E-state index contributed by atoms with van der Waals surface area (Å²) in [5.41, 5.74) is 1.10. The smallest absolute Gasteiger partial charge is 0.338 e. The largest absolute Gasteiger partial charge is 0.504 e. The molecular weight excluding hydrogens is 338 g/mol. The Morgan fingerprint density at radius 3 is 2.46 bits per heavy atom. The highest BCUT2D eigenvalue weighted by atomic mass is 16.5. The number of esters is 2. The highest BCUT2D eigenvalue weighted by Crippen LogP contribution is 2.25. The maximum Gasteiger partial charge on any atom is 0.338 e. The maximum absolute atomic E-state index is 11.9. The van der Waals surface area contributed by atoms with Crippen molar-refractivity contribution in [2.45, 2.75) is 12.5 Å². The van der Waals surface area contributed by atoms with Gasteiger partial charge in [0.25, 0.3) is 0 Å². The maximum atomic E-state index is 11.9. The molecule has 0 spiro atoms. The van der Waals surface area contributed by atoms with Gasteiger partial charge in [0, 0.05) is 6.54 Å². The zero-order valence-corrected chi connectivity index (χ0v) is 14.3. The van der Waals surface area contributed by atoms with Crippen molar-refractivity contribution in [2.75, 3.05) is 20.3 Å². The highest BCUT2D eigenvalue weighted by Gasteiger charge is 2.20. The Morgan fingerprint density at radius 1 is 1.08 bits per heavy atom. The van der Waals surface area contributed by atoms with Gasteiger partial charge in [-0.2, -0.15) is 0 Å². The van der Waals surface area contributed by atoms with Gasteiger partial charge in [0.15, 0.2) is 11.5 Å². The minimum absolute atomic E-state index is 0.0854. The first kappa shape index (κ1) is 19.3. The molecular formula is C19H21NO6. The van der Waals surface area contributed by atoms with E-state index in [2.05, 4.69) is 5.32 Å². The quantitative estimate of drug-likeness (QED) is 0.374. The van der Waals surface area contributed by atoms with Crippen LogP contribution in [0.15, 0.2) is 48.5 Å². The fraction of sp³-hybridized carbons (Fsp3) is 0.263. The van der Waals surface area contributed by atoms with Crippen LogP contribution in [0.4, 0.5) is 0 Å². The van der Waals surface area contributed by atoms with Gasteiger partial charge in [-0.1, -0.05) is 24.3 Å². The molecule has 0 radical (unpaired) electrons. The molecule has 0 heterocycles. The van der Waals surface area contributed by atoms with E-state index in [1.165, 1.54) is 19.2 Å². The van der Waals surface area contributed by atoms with Crippen LogP contribution < -0.4 is 5.32 Å². The molecule has 0 bridgehead atoms. The predicted molar refractivity (Wildman–Crippen MR) is 94.0 cm³/mol. The van der Waals surface area contributed by atoms with Crippen LogP contribution in [0, 0.1) is 0 Å². The fourth-order valence-corrected chi connectivity index (χ4v) is 2.35. The number of aromatic hydroxyl groups is 2. The molecule has 0 amide bonds. The lowest BCUT2D eigenvalue weighted by Gasteiger charge is -2.17. The number of methoxy groups -OCH3 is 1. The molecule has 0 fully saturated rings. The third-order valence-corrected chi connectivity index (χ3v) is 3.70. The van der Waals surface area contributed by atoms with E-state index in [4.69, 9.17) is 9.47 Å². The van der Waals surface area contributed by atoms with Crippen molar-refractivity contribution >= 4 is 11.9 Å². The van der Waals surface area contributed by atoms with Gasteiger partial charge in [-0.25, -0.2) is 4.79 Å². The standard InChI is InChI=1S/C19H21NO6/c1-25-19(24)15(11-13-7-8-16(21)17(22)12-13)20-9-10-26-18(23)14-5-3-2-4-6-14/h2-8,12,15,20-22H,9-11H2,1H3/t15-/m0/s1. The Labute approximate surface area is 151 Å². The molecule has 0 aliphatic heterocycles. The van der Waals surface area contributed by atoms with Gasteiger partial charge in [-0.05, 0) is 36.2 Å². The number of carbonyl (C=O) groups is 2. The Morgan fingerprint density at radius 2 is 1.81 bits per heavy atom. The number of hydrogen-bond donors (Lipinski definition) is 3. The van der Waals surface area contributed by atoms with Gasteiger partial charge in [-0.3, -0.25) is 4.79 Å². The summed E-state index contributed by atoms with van der Waals surface area (Å²) in [6.45, 7) is 0.338. The summed E-state index contributed by atoms with van der Waals surface area (Å²) in [6, 6.07) is 12.3. The number of phenolic OH excluding ortho intramolecular Hbond substituents is 2. The number of rotatable bonds is 8. The van der Waals surface area contributed by atoms with Crippen molar-refractivity contribution in [3.8, 4) is 11.5 Å². The molecule has 0 aliphatic carbocycles. The van der Waals surface area contributed by atoms with E-state index in [0.29, 0.717) is 11.1 Å². The van der Waals surface area contributed by atoms with Gasteiger partial charge in [0.05, 0.1) is 12.7 Å². The molecule has 0 saturated heterocycles. The zero-order valence-electron chi connectivity index (χ0n) is 14.3. The Balaban J connectivity index is 1.86. The minimum atomic E-state index is -0.681. The van der Waals surface area contributed by atoms with Crippen LogP contribution in [-0.4, -0.2) is 48.5 Å². The van der Waals surface area contributed by atoms with Crippen molar-refractivity contribution in [3.05, 3.63) is 59.7 Å². The first-order valence-electron chi connectivity index (χ1n) is 8.05. The summed E-state index contributed by atoms with van der Waals surface area (Å²) in [5, 5.41) is 21.9. The lowest BCUT2D eigenvalue weighted by molar-refractivity contribution is -0.143. The van der Waals surface area contributed by atoms with Crippen molar-refractivity contribution in [2.24, 2.45) is 0 Å². The fourth-order valence-electron chi connectivity index (χ4n) is 2.35. The highest BCUT2D eigenvalue weighted by molar-refractivity contribution is 5.89. The molecule has 138 valence electrons. The number of phenols is 2. The van der Waals surface area contributed by atoms with E-state index < -0.39 is 18.0 Å². The second-order valence-corrected chi connectivity index (χ2v) is 5.56. The van der Waals surface area contributed by atoms with E-state index in [0.717, 1.165) is 0 Å². The average molecular weight is 359 g/mol. The number of benzene rings is 2. The van der Waals surface area contributed by atoms with Gasteiger partial charge in [0.2, 0.25) is 0 Å². The van der Waals surface area contributed by atoms with Crippen molar-refractivity contribution < 1.29 is 29.3 Å². The van der Waals surface area contributed by atoms with Crippen LogP contribution in [0.1, 0.15) is 15.9 Å². The van der Waals surface area contributed by atoms with Gasteiger partial charge in [0.1, 0.15) is 12.6 Å². The van der Waals surface area contributed by atoms with Gasteiger partial charge >= 0.3 is 11.9 Å². The van der Waals surface area contributed by atoms with E-state index >= 15 is 0 Å². The summed E-state index contributed by atoms with van der Waals surface area (Å²) in [7, 11) is 1.28. The van der Waals surface area contributed by atoms with Gasteiger partial charge < -0.3 is 25.0 Å². The van der Waals surface area contributed by atoms with Crippen LogP contribution in [0.5, 0.6) is 11.5 Å². The molecule has 2 aromatic rings. The number of hydrogen-bond acceptors (Lipinski definition) is 7. The molecule has 3 N–H and O–H groups in total. The lowest BCUT2D eigenvalue weighted by Crippen LogP contribution is -2.41. The predicted octanol–water partition coefficient (Wildman–Crippen LogP) is 1.63. The molecule has 26 heavy (non-hydrogen) atoms. The monoisotopic (exact) mass is 359 g/mol. The van der Waals surface area contributed by atoms with E-state index in [1.54, 1.807) is 36.4 Å². The third kappa shape index (κ3) is 5.49. The third-order valence-electron chi connectivity index (χ3n) is 3.70. The summed E-state index contributed by atoms with van der Waals surface area (Å²) in [4.78, 5) is 23.8. The summed E-state index contributed by atoms with van der Waals surface area (Å²) < 4.78 is 9.92. The minimum Gasteiger partial charge on any atom is -0.504 e. The Hall–Kier alpha value is -3.06. The molecule has 0 aliphatic rings. The summed E-state index contributed by atoms with van der Waals surface area (Å²) in [6.07, 6.45) is 0.243. The zero-order chi connectivity index (χ0) is 18.9. The molecule has 7 nitrogen and oxygen atoms in total. The van der Waals surface area contributed by atoms with Crippen molar-refractivity contribution in [3.63, 3.8) is 0 Å². The molecule has 0 aromatic heterocycles. The van der Waals surface area contributed by atoms with Gasteiger partial charge in [-0.15, -0.1) is 0 Å². The lowest BCUT2D eigenvalue weighted by atomic mass is 10.1. The van der Waals surface area contributed by atoms with Crippen LogP contribution in [-0.2, 0) is 20.7 Å². The number of nitrogens with one attached hydrogen (secondary N) is 1. The average Bonchev–Trinajstić information content (AvgIpc) is 2.66. The van der Waals surface area contributed by atoms with Crippen LogP contribution in [0.3, 0.4) is 0 Å². The van der Waals surface area contributed by atoms with Crippen molar-refractivity contribution in [1.29, 1.82) is 0 Å². The summed E-state index contributed by atoms with van der Waals surface area (Å²) in [5.74, 6) is -1.41. The van der Waals surface area contributed by atoms with Crippen molar-refractivity contribution in [1.82, 2.24) is 5.32 Å². The summed E-state index contributed by atoms with van der Waals surface area (Å²) >= 11 is 0. The van der Waals surface area contributed by atoms with E-state index in [1.807, 2.05) is 0 Å². The van der Waals surface area contributed by atoms with Crippen LogP contribution in [0.2, 0.25) is 0 Å². The molecule has 7 heteroatoms. The molecule has 0 saturated carbocycles. The second kappa shape index (κ2) is 9.43. The van der Waals surface area contributed by atoms with E-state index in [-0.39, 0.29) is 31.1 Å². The number of carbonyl (C=O) groups excluding carboxylic acids is 2.